The number of likely N-dealkylation sites (N-methyl/N-ethyl adjacent to an activating group) is 1. The van der Waals surface area contributed by atoms with Gasteiger partial charge in [0.15, 0.2) is 0 Å². The second-order valence-corrected chi connectivity index (χ2v) is 5.87. The summed E-state index contributed by atoms with van der Waals surface area (Å²) in [5.74, 6) is -0.199. The summed E-state index contributed by atoms with van der Waals surface area (Å²) in [6.07, 6.45) is 0. The van der Waals surface area contributed by atoms with Crippen molar-refractivity contribution in [1.29, 1.82) is 0 Å². The second kappa shape index (κ2) is 6.52. The lowest BCUT2D eigenvalue weighted by Crippen LogP contribution is -2.45. The van der Waals surface area contributed by atoms with Gasteiger partial charge < -0.3 is 15.0 Å². The number of carbonyl (C=O) groups is 2. The fourth-order valence-electron chi connectivity index (χ4n) is 3.07. The first kappa shape index (κ1) is 16.9. The summed E-state index contributed by atoms with van der Waals surface area (Å²) in [6, 6.07) is 4.90. The molecule has 1 aromatic rings. The highest BCUT2D eigenvalue weighted by molar-refractivity contribution is 6.01. The molecule has 0 aromatic heterocycles. The number of nitrogens with zero attached hydrogens (tertiary/aromatic N) is 3. The van der Waals surface area contributed by atoms with E-state index in [4.69, 9.17) is 4.74 Å². The largest absolute Gasteiger partial charge is 0.383 e. The molecule has 1 atom stereocenters. The van der Waals surface area contributed by atoms with Gasteiger partial charge in [0.2, 0.25) is 0 Å². The lowest BCUT2D eigenvalue weighted by Gasteiger charge is -2.31. The molecular formula is C16H18N4O5. The molecule has 1 aromatic carbocycles. The quantitative estimate of drug-likeness (QED) is 0.633. The molecule has 0 spiro atoms. The van der Waals surface area contributed by atoms with E-state index in [2.05, 4.69) is 5.32 Å². The van der Waals surface area contributed by atoms with Crippen LogP contribution in [0.5, 0.6) is 0 Å². The Bertz CT molecular complexity index is 776. The highest BCUT2D eigenvalue weighted by atomic mass is 16.6. The normalized spacial score (nSPS) is 20.0. The van der Waals surface area contributed by atoms with Crippen LogP contribution < -0.4 is 5.32 Å². The van der Waals surface area contributed by atoms with Gasteiger partial charge in [0.1, 0.15) is 0 Å². The molecular weight excluding hydrogens is 328 g/mol. The highest BCUT2D eigenvalue weighted by Crippen LogP contribution is 2.36. The van der Waals surface area contributed by atoms with Crippen LogP contribution in [0, 0.1) is 10.1 Å². The molecule has 25 heavy (non-hydrogen) atoms. The van der Waals surface area contributed by atoms with E-state index in [0.29, 0.717) is 36.5 Å². The second-order valence-electron chi connectivity index (χ2n) is 5.87. The van der Waals surface area contributed by atoms with Crippen LogP contribution in [0.15, 0.2) is 35.5 Å². The summed E-state index contributed by atoms with van der Waals surface area (Å²) >= 11 is 0. The molecule has 0 aliphatic carbocycles. The van der Waals surface area contributed by atoms with E-state index in [1.807, 2.05) is 0 Å². The Morgan fingerprint density at radius 1 is 1.40 bits per heavy atom. The van der Waals surface area contributed by atoms with Gasteiger partial charge in [0.25, 0.3) is 11.6 Å². The summed E-state index contributed by atoms with van der Waals surface area (Å²) in [4.78, 5) is 38.6. The van der Waals surface area contributed by atoms with Crippen molar-refractivity contribution < 1.29 is 19.2 Å². The van der Waals surface area contributed by atoms with Gasteiger partial charge in [-0.2, -0.15) is 0 Å². The van der Waals surface area contributed by atoms with Crippen LogP contribution in [0.3, 0.4) is 0 Å². The molecule has 2 aliphatic heterocycles. The summed E-state index contributed by atoms with van der Waals surface area (Å²) < 4.78 is 5.02. The van der Waals surface area contributed by atoms with Gasteiger partial charge in [-0.05, 0) is 5.56 Å². The average Bonchev–Trinajstić information content (AvgIpc) is 2.93. The maximum atomic E-state index is 12.8. The SMILES string of the molecule is COCCN1CC2=C(C1=O)[C@H](c1cccc([N+](=O)[O-])c1)NC(=O)N2C. The van der Waals surface area contributed by atoms with Crippen molar-refractivity contribution >= 4 is 17.6 Å². The predicted molar refractivity (Wildman–Crippen MR) is 87.6 cm³/mol. The van der Waals surface area contributed by atoms with Crippen LogP contribution in [-0.2, 0) is 9.53 Å². The molecule has 9 heteroatoms. The number of nitrogens with one attached hydrogen (secondary N) is 1. The summed E-state index contributed by atoms with van der Waals surface area (Å²) in [6.45, 7) is 1.11. The Hall–Kier alpha value is -2.94. The molecule has 0 fully saturated rings. The van der Waals surface area contributed by atoms with E-state index in [1.54, 1.807) is 31.2 Å². The van der Waals surface area contributed by atoms with Crippen LogP contribution in [0.1, 0.15) is 11.6 Å². The molecule has 2 aliphatic rings. The number of ether oxygens (including phenoxy) is 1. The van der Waals surface area contributed by atoms with Gasteiger partial charge in [-0.1, -0.05) is 12.1 Å². The van der Waals surface area contributed by atoms with Crippen molar-refractivity contribution in [2.75, 3.05) is 33.9 Å². The summed E-state index contributed by atoms with van der Waals surface area (Å²) in [7, 11) is 3.15. The summed E-state index contributed by atoms with van der Waals surface area (Å²) in [5, 5.41) is 13.8. The minimum Gasteiger partial charge on any atom is -0.383 e. The first-order chi connectivity index (χ1) is 11.9. The number of hydrogen-bond acceptors (Lipinski definition) is 5. The molecule has 9 nitrogen and oxygen atoms in total. The Morgan fingerprint density at radius 3 is 2.84 bits per heavy atom. The number of rotatable bonds is 5. The number of amides is 3. The van der Waals surface area contributed by atoms with E-state index in [9.17, 15) is 19.7 Å². The first-order valence-corrected chi connectivity index (χ1v) is 7.74. The number of nitro benzene ring substituents is 1. The highest BCUT2D eigenvalue weighted by Gasteiger charge is 2.42. The van der Waals surface area contributed by atoms with Crippen molar-refractivity contribution in [2.45, 2.75) is 6.04 Å². The maximum absolute atomic E-state index is 12.8. The molecule has 2 heterocycles. The molecule has 3 amide bonds. The fraction of sp³-hybridized carbons (Fsp3) is 0.375. The van der Waals surface area contributed by atoms with Crippen molar-refractivity contribution in [3.05, 3.63) is 51.2 Å². The van der Waals surface area contributed by atoms with Gasteiger partial charge >= 0.3 is 6.03 Å². The van der Waals surface area contributed by atoms with Crippen molar-refractivity contribution in [3.8, 4) is 0 Å². The molecule has 0 unspecified atom stereocenters. The van der Waals surface area contributed by atoms with E-state index < -0.39 is 11.0 Å². The molecule has 132 valence electrons. The predicted octanol–water partition coefficient (Wildman–Crippen LogP) is 1.03. The van der Waals surface area contributed by atoms with Gasteiger partial charge in [-0.25, -0.2) is 4.79 Å². The van der Waals surface area contributed by atoms with E-state index in [1.165, 1.54) is 17.0 Å². The van der Waals surface area contributed by atoms with Gasteiger partial charge in [-0.15, -0.1) is 0 Å². The van der Waals surface area contributed by atoms with Gasteiger partial charge in [0.05, 0.1) is 35.4 Å². The third-order valence-electron chi connectivity index (χ3n) is 4.41. The lowest BCUT2D eigenvalue weighted by molar-refractivity contribution is -0.384. The number of urea groups is 1. The zero-order chi connectivity index (χ0) is 18.1. The number of benzene rings is 1. The van der Waals surface area contributed by atoms with E-state index >= 15 is 0 Å². The molecule has 0 bridgehead atoms. The zero-order valence-corrected chi connectivity index (χ0v) is 13.9. The Kier molecular flexibility index (Phi) is 4.41. The van der Waals surface area contributed by atoms with Crippen molar-refractivity contribution in [2.24, 2.45) is 0 Å². The molecule has 0 saturated carbocycles. The fourth-order valence-corrected chi connectivity index (χ4v) is 3.07. The van der Waals surface area contributed by atoms with Crippen molar-refractivity contribution in [1.82, 2.24) is 15.1 Å². The topological polar surface area (TPSA) is 105 Å². The van der Waals surface area contributed by atoms with Gasteiger partial charge in [-0.3, -0.25) is 19.8 Å². The third kappa shape index (κ3) is 2.93. The van der Waals surface area contributed by atoms with Crippen LogP contribution in [0.4, 0.5) is 10.5 Å². The number of methoxy groups -OCH3 is 1. The number of carbonyl (C=O) groups excluding carboxylic acids is 2. The zero-order valence-electron chi connectivity index (χ0n) is 13.9. The Labute approximate surface area is 144 Å². The molecule has 3 rings (SSSR count). The number of non-ortho nitro benzene ring substituents is 1. The van der Waals surface area contributed by atoms with Crippen molar-refractivity contribution in [3.63, 3.8) is 0 Å². The smallest absolute Gasteiger partial charge is 0.322 e. The maximum Gasteiger partial charge on any atom is 0.322 e. The average molecular weight is 346 g/mol. The van der Waals surface area contributed by atoms with Gasteiger partial charge in [0, 0.05) is 32.8 Å². The minimum absolute atomic E-state index is 0.0884. The summed E-state index contributed by atoms with van der Waals surface area (Å²) in [5.41, 5.74) is 1.47. The lowest BCUT2D eigenvalue weighted by atomic mass is 9.95. The molecule has 0 radical (unpaired) electrons. The van der Waals surface area contributed by atoms with E-state index in [0.717, 1.165) is 0 Å². The Balaban J connectivity index is 1.99. The molecule has 0 saturated heterocycles. The minimum atomic E-state index is -0.710. The Morgan fingerprint density at radius 2 is 2.16 bits per heavy atom. The van der Waals surface area contributed by atoms with E-state index in [-0.39, 0.29) is 17.6 Å². The monoisotopic (exact) mass is 346 g/mol. The molecule has 1 N–H and O–H groups in total. The number of hydrogen-bond donors (Lipinski definition) is 1. The van der Waals surface area contributed by atoms with Crippen LogP contribution >= 0.6 is 0 Å². The van der Waals surface area contributed by atoms with Crippen LogP contribution in [0.25, 0.3) is 0 Å². The third-order valence-corrected chi connectivity index (χ3v) is 4.41. The number of nitro groups is 1. The van der Waals surface area contributed by atoms with Crippen LogP contribution in [0.2, 0.25) is 0 Å². The van der Waals surface area contributed by atoms with Crippen LogP contribution in [-0.4, -0.2) is 60.5 Å². The first-order valence-electron chi connectivity index (χ1n) is 7.74. The standard InChI is InChI=1S/C16H18N4O5/c1-18-12-9-19(6-7-25-2)15(21)13(12)14(17-16(18)22)10-4-3-5-11(8-10)20(23)24/h3-5,8,14H,6-7,9H2,1-2H3,(H,17,22)/t14-/m0/s1.